The second kappa shape index (κ2) is 7.64. The predicted molar refractivity (Wildman–Crippen MR) is 109 cm³/mol. The summed E-state index contributed by atoms with van der Waals surface area (Å²) < 4.78 is 6.98. The molecule has 0 unspecified atom stereocenters. The van der Waals surface area contributed by atoms with Crippen LogP contribution in [0.3, 0.4) is 0 Å². The van der Waals surface area contributed by atoms with Gasteiger partial charge in [0.25, 0.3) is 0 Å². The number of benzene rings is 2. The van der Waals surface area contributed by atoms with Crippen molar-refractivity contribution in [1.82, 2.24) is 4.90 Å². The maximum atomic E-state index is 12.8. The lowest BCUT2D eigenvalue weighted by Gasteiger charge is -2.31. The predicted octanol–water partition coefficient (Wildman–Crippen LogP) is 5.41. The van der Waals surface area contributed by atoms with Crippen LogP contribution < -0.4 is 0 Å². The van der Waals surface area contributed by atoms with Crippen LogP contribution in [0.4, 0.5) is 4.79 Å². The number of aliphatic hydroxyl groups is 1. The van der Waals surface area contributed by atoms with E-state index in [4.69, 9.17) is 4.74 Å². The maximum Gasteiger partial charge on any atom is 0.411 e. The Hall–Kier alpha value is -1.85. The summed E-state index contributed by atoms with van der Waals surface area (Å²) in [6, 6.07) is 17.7. The highest BCUT2D eigenvalue weighted by molar-refractivity contribution is 9.10. The highest BCUT2D eigenvalue weighted by atomic mass is 79.9. The molecule has 4 nitrogen and oxygen atoms in total. The Morgan fingerprint density at radius 2 is 1.81 bits per heavy atom. The van der Waals surface area contributed by atoms with Crippen molar-refractivity contribution < 1.29 is 14.6 Å². The Kier molecular flexibility index (Phi) is 5.63. The second-order valence-electron chi connectivity index (χ2n) is 7.90. The first-order chi connectivity index (χ1) is 12.7. The molecular formula is C22H26BrNO3. The molecule has 1 fully saturated rings. The molecule has 5 heteroatoms. The molecule has 1 amide bonds. The maximum absolute atomic E-state index is 12.8. The van der Waals surface area contributed by atoms with E-state index in [9.17, 15) is 9.90 Å². The lowest BCUT2D eigenvalue weighted by Crippen LogP contribution is -2.35. The van der Waals surface area contributed by atoms with Crippen LogP contribution >= 0.6 is 15.9 Å². The van der Waals surface area contributed by atoms with Crippen molar-refractivity contribution in [2.24, 2.45) is 0 Å². The molecule has 0 spiro atoms. The summed E-state index contributed by atoms with van der Waals surface area (Å²) in [5.41, 5.74) is 0.454. The van der Waals surface area contributed by atoms with Gasteiger partial charge in [0, 0.05) is 4.47 Å². The van der Waals surface area contributed by atoms with Gasteiger partial charge in [0.2, 0.25) is 0 Å². The Morgan fingerprint density at radius 1 is 1.19 bits per heavy atom. The number of carbonyl (C=O) groups is 1. The Bertz CT molecular complexity index is 785. The molecule has 0 bridgehead atoms. The van der Waals surface area contributed by atoms with Gasteiger partial charge in [0.1, 0.15) is 0 Å². The van der Waals surface area contributed by atoms with Gasteiger partial charge < -0.3 is 9.84 Å². The molecule has 0 aromatic heterocycles. The van der Waals surface area contributed by atoms with E-state index < -0.39 is 11.2 Å². The average Bonchev–Trinajstić information content (AvgIpc) is 2.98. The van der Waals surface area contributed by atoms with E-state index in [2.05, 4.69) is 15.9 Å². The first-order valence-corrected chi connectivity index (χ1v) is 10.0. The quantitative estimate of drug-likeness (QED) is 0.664. The van der Waals surface area contributed by atoms with E-state index in [1.807, 2.05) is 61.5 Å². The number of cyclic esters (lactones) is 1. The molecule has 3 rings (SSSR count). The molecular weight excluding hydrogens is 406 g/mol. The summed E-state index contributed by atoms with van der Waals surface area (Å²) in [6.07, 6.45) is 0.788. The third-order valence-corrected chi connectivity index (χ3v) is 5.73. The van der Waals surface area contributed by atoms with Crippen LogP contribution in [0, 0.1) is 0 Å². The zero-order valence-electron chi connectivity index (χ0n) is 16.0. The Balaban J connectivity index is 1.89. The van der Waals surface area contributed by atoms with Crippen molar-refractivity contribution in [1.29, 1.82) is 0 Å². The minimum atomic E-state index is -0.821. The molecule has 1 saturated heterocycles. The number of nitrogens with zero attached hydrogens (tertiary/aromatic N) is 1. The summed E-state index contributed by atoms with van der Waals surface area (Å²) >= 11 is 3.45. The molecule has 144 valence electrons. The van der Waals surface area contributed by atoms with Crippen LogP contribution in [-0.4, -0.2) is 28.2 Å². The minimum absolute atomic E-state index is 0.0988. The van der Waals surface area contributed by atoms with E-state index in [0.29, 0.717) is 19.4 Å². The lowest BCUT2D eigenvalue weighted by molar-refractivity contribution is 0.00728. The Labute approximate surface area is 169 Å². The van der Waals surface area contributed by atoms with Crippen molar-refractivity contribution in [3.63, 3.8) is 0 Å². The zero-order chi connectivity index (χ0) is 19.7. The van der Waals surface area contributed by atoms with E-state index in [-0.39, 0.29) is 12.1 Å². The van der Waals surface area contributed by atoms with Crippen molar-refractivity contribution in [2.75, 3.05) is 6.54 Å². The van der Waals surface area contributed by atoms with Crippen molar-refractivity contribution in [3.05, 3.63) is 70.2 Å². The SMILES string of the molecule is C[C@@H](c1ccc(Br)cc1)N1C[C@](CCC(C)(C)O)(c2ccccc2)OC1=O. The first kappa shape index (κ1) is 19.9. The van der Waals surface area contributed by atoms with Crippen LogP contribution in [0.15, 0.2) is 59.1 Å². The monoisotopic (exact) mass is 431 g/mol. The molecule has 0 saturated carbocycles. The normalized spacial score (nSPS) is 21.2. The molecule has 1 N–H and O–H groups in total. The van der Waals surface area contributed by atoms with Gasteiger partial charge >= 0.3 is 6.09 Å². The number of ether oxygens (including phenoxy) is 1. The topological polar surface area (TPSA) is 49.8 Å². The first-order valence-electron chi connectivity index (χ1n) is 9.23. The van der Waals surface area contributed by atoms with E-state index >= 15 is 0 Å². The highest BCUT2D eigenvalue weighted by Gasteiger charge is 2.48. The van der Waals surface area contributed by atoms with Gasteiger partial charge in [-0.15, -0.1) is 0 Å². The van der Waals surface area contributed by atoms with Crippen LogP contribution in [0.25, 0.3) is 0 Å². The standard InChI is InChI=1S/C22H26BrNO3/c1-16(17-9-11-19(23)12-10-17)24-15-22(27-20(24)25,14-13-21(2,3)26)18-7-5-4-6-8-18/h4-12,16,26H,13-15H2,1-3H3/t16-,22+/m0/s1. The Morgan fingerprint density at radius 3 is 2.41 bits per heavy atom. The average molecular weight is 432 g/mol. The third kappa shape index (κ3) is 4.53. The molecule has 0 aliphatic carbocycles. The number of rotatable bonds is 6. The number of hydrogen-bond donors (Lipinski definition) is 1. The van der Waals surface area contributed by atoms with E-state index in [1.165, 1.54) is 0 Å². The fourth-order valence-electron chi connectivity index (χ4n) is 3.49. The van der Waals surface area contributed by atoms with Gasteiger partial charge in [0.15, 0.2) is 5.60 Å². The summed E-state index contributed by atoms with van der Waals surface area (Å²) in [6.45, 7) is 6.04. The van der Waals surface area contributed by atoms with Gasteiger partial charge in [-0.1, -0.05) is 58.4 Å². The molecule has 2 atom stereocenters. The second-order valence-corrected chi connectivity index (χ2v) is 8.81. The number of halogens is 1. The molecule has 2 aromatic carbocycles. The van der Waals surface area contributed by atoms with Crippen molar-refractivity contribution in [3.8, 4) is 0 Å². The van der Waals surface area contributed by atoms with Crippen molar-refractivity contribution >= 4 is 22.0 Å². The fourth-order valence-corrected chi connectivity index (χ4v) is 3.75. The number of hydrogen-bond acceptors (Lipinski definition) is 3. The minimum Gasteiger partial charge on any atom is -0.436 e. The third-order valence-electron chi connectivity index (χ3n) is 5.20. The zero-order valence-corrected chi connectivity index (χ0v) is 17.6. The molecule has 1 heterocycles. The van der Waals surface area contributed by atoms with Gasteiger partial charge in [-0.25, -0.2) is 4.79 Å². The summed E-state index contributed by atoms with van der Waals surface area (Å²) in [4.78, 5) is 14.6. The summed E-state index contributed by atoms with van der Waals surface area (Å²) in [5, 5.41) is 10.2. The fraction of sp³-hybridized carbons (Fsp3) is 0.409. The number of carbonyl (C=O) groups excluding carboxylic acids is 1. The molecule has 1 aliphatic heterocycles. The van der Waals surface area contributed by atoms with Gasteiger partial charge in [0.05, 0.1) is 18.2 Å². The molecule has 27 heavy (non-hydrogen) atoms. The van der Waals surface area contributed by atoms with Gasteiger partial charge in [-0.05, 0) is 56.9 Å². The van der Waals surface area contributed by atoms with Crippen LogP contribution in [0.2, 0.25) is 0 Å². The molecule has 0 radical (unpaired) electrons. The van der Waals surface area contributed by atoms with Gasteiger partial charge in [-0.2, -0.15) is 0 Å². The smallest absolute Gasteiger partial charge is 0.411 e. The number of amides is 1. The van der Waals surface area contributed by atoms with Crippen LogP contribution in [0.5, 0.6) is 0 Å². The van der Waals surface area contributed by atoms with Crippen LogP contribution in [-0.2, 0) is 10.3 Å². The van der Waals surface area contributed by atoms with E-state index in [0.717, 1.165) is 15.6 Å². The molecule has 2 aromatic rings. The van der Waals surface area contributed by atoms with E-state index in [1.54, 1.807) is 18.7 Å². The largest absolute Gasteiger partial charge is 0.436 e. The van der Waals surface area contributed by atoms with Crippen LogP contribution in [0.1, 0.15) is 50.8 Å². The summed E-state index contributed by atoms with van der Waals surface area (Å²) in [7, 11) is 0. The van der Waals surface area contributed by atoms with Gasteiger partial charge in [-0.3, -0.25) is 4.90 Å². The highest BCUT2D eigenvalue weighted by Crippen LogP contribution is 2.41. The summed E-state index contributed by atoms with van der Waals surface area (Å²) in [5.74, 6) is 0. The molecule has 1 aliphatic rings. The van der Waals surface area contributed by atoms with Crippen molar-refractivity contribution in [2.45, 2.75) is 50.9 Å². The lowest BCUT2D eigenvalue weighted by atomic mass is 9.85.